The second-order valence-corrected chi connectivity index (χ2v) is 6.99. The van der Waals surface area contributed by atoms with Crippen LogP contribution in [0, 0.1) is 11.6 Å². The zero-order valence-corrected chi connectivity index (χ0v) is 15.3. The molecule has 0 N–H and O–H groups in total. The van der Waals surface area contributed by atoms with Crippen molar-refractivity contribution in [1.82, 2.24) is 9.88 Å². The Kier molecular flexibility index (Phi) is 5.15. The first kappa shape index (κ1) is 18.3. The molecule has 2 heterocycles. The van der Waals surface area contributed by atoms with Crippen LogP contribution < -0.4 is 0 Å². The quantitative estimate of drug-likeness (QED) is 0.645. The van der Waals surface area contributed by atoms with E-state index in [1.165, 1.54) is 30.3 Å². The van der Waals surface area contributed by atoms with Gasteiger partial charge in [0.05, 0.1) is 11.7 Å². The Morgan fingerprint density at radius 2 is 1.79 bits per heavy atom. The molecule has 0 saturated carbocycles. The molecule has 0 unspecified atom stereocenters. The van der Waals surface area contributed by atoms with E-state index in [4.69, 9.17) is 4.98 Å². The molecule has 4 rings (SSSR count). The smallest absolute Gasteiger partial charge is 0.254 e. The summed E-state index contributed by atoms with van der Waals surface area (Å²) in [7, 11) is 0. The van der Waals surface area contributed by atoms with Crippen LogP contribution in [0.1, 0.15) is 46.2 Å². The van der Waals surface area contributed by atoms with Gasteiger partial charge in [0.15, 0.2) is 0 Å². The number of hydrogen-bond acceptors (Lipinski definition) is 2. The maximum Gasteiger partial charge on any atom is 0.254 e. The van der Waals surface area contributed by atoms with Gasteiger partial charge in [-0.3, -0.25) is 9.78 Å². The van der Waals surface area contributed by atoms with Crippen molar-refractivity contribution in [2.75, 3.05) is 6.54 Å². The van der Waals surface area contributed by atoms with Gasteiger partial charge >= 0.3 is 0 Å². The topological polar surface area (TPSA) is 33.2 Å². The van der Waals surface area contributed by atoms with Gasteiger partial charge in [0.1, 0.15) is 11.6 Å². The van der Waals surface area contributed by atoms with E-state index in [1.807, 2.05) is 24.3 Å². The highest BCUT2D eigenvalue weighted by molar-refractivity contribution is 5.94. The number of pyridine rings is 1. The van der Waals surface area contributed by atoms with Crippen molar-refractivity contribution >= 4 is 5.91 Å². The SMILES string of the molecule is O=C(c1ccc(F)cc1)N1CCC[C@@H]1c1cccc(Cc2ccccc2F)n1. The van der Waals surface area contributed by atoms with Crippen LogP contribution in [0.4, 0.5) is 8.78 Å². The number of benzene rings is 2. The molecule has 28 heavy (non-hydrogen) atoms. The van der Waals surface area contributed by atoms with E-state index in [9.17, 15) is 13.6 Å². The lowest BCUT2D eigenvalue weighted by Gasteiger charge is -2.25. The number of carbonyl (C=O) groups is 1. The van der Waals surface area contributed by atoms with Gasteiger partial charge in [-0.25, -0.2) is 8.78 Å². The summed E-state index contributed by atoms with van der Waals surface area (Å²) in [6.07, 6.45) is 2.11. The molecule has 3 aromatic rings. The molecule has 0 bridgehead atoms. The number of carbonyl (C=O) groups excluding carboxylic acids is 1. The van der Waals surface area contributed by atoms with Crippen LogP contribution >= 0.6 is 0 Å². The Bertz CT molecular complexity index is 988. The van der Waals surface area contributed by atoms with E-state index in [1.54, 1.807) is 17.0 Å². The van der Waals surface area contributed by atoms with Gasteiger partial charge in [-0.05, 0) is 60.9 Å². The fourth-order valence-corrected chi connectivity index (χ4v) is 3.69. The van der Waals surface area contributed by atoms with Crippen LogP contribution in [0.3, 0.4) is 0 Å². The predicted molar refractivity (Wildman–Crippen MR) is 103 cm³/mol. The van der Waals surface area contributed by atoms with Crippen LogP contribution in [-0.2, 0) is 6.42 Å². The Morgan fingerprint density at radius 1 is 1.00 bits per heavy atom. The number of rotatable bonds is 4. The van der Waals surface area contributed by atoms with Crippen LogP contribution in [0.15, 0.2) is 66.7 Å². The molecule has 1 aliphatic rings. The van der Waals surface area contributed by atoms with Gasteiger partial charge in [0, 0.05) is 24.2 Å². The molecule has 5 heteroatoms. The average molecular weight is 378 g/mol. The van der Waals surface area contributed by atoms with Crippen molar-refractivity contribution in [3.63, 3.8) is 0 Å². The molecule has 0 aliphatic carbocycles. The number of halogens is 2. The van der Waals surface area contributed by atoms with Crippen LogP contribution in [0.2, 0.25) is 0 Å². The summed E-state index contributed by atoms with van der Waals surface area (Å²) >= 11 is 0. The minimum atomic E-state index is -0.364. The molecule has 0 radical (unpaired) electrons. The van der Waals surface area contributed by atoms with Crippen molar-refractivity contribution in [3.8, 4) is 0 Å². The molecule has 1 amide bonds. The first-order chi connectivity index (χ1) is 13.6. The first-order valence-corrected chi connectivity index (χ1v) is 9.37. The highest BCUT2D eigenvalue weighted by Gasteiger charge is 2.31. The van der Waals surface area contributed by atoms with Crippen LogP contribution in [0.25, 0.3) is 0 Å². The second kappa shape index (κ2) is 7.89. The largest absolute Gasteiger partial charge is 0.330 e. The Hall–Kier alpha value is -3.08. The molecule has 0 spiro atoms. The Balaban J connectivity index is 1.57. The molecule has 1 atom stereocenters. The number of aromatic nitrogens is 1. The number of amides is 1. The fourth-order valence-electron chi connectivity index (χ4n) is 3.69. The summed E-state index contributed by atoms with van der Waals surface area (Å²) in [5.41, 5.74) is 2.64. The zero-order chi connectivity index (χ0) is 19.5. The normalized spacial score (nSPS) is 16.4. The fraction of sp³-hybridized carbons (Fsp3) is 0.217. The summed E-state index contributed by atoms with van der Waals surface area (Å²) in [6, 6.07) is 17.8. The summed E-state index contributed by atoms with van der Waals surface area (Å²) in [6.45, 7) is 0.639. The van der Waals surface area contributed by atoms with Crippen molar-refractivity contribution in [2.45, 2.75) is 25.3 Å². The van der Waals surface area contributed by atoms with E-state index in [2.05, 4.69) is 0 Å². The Morgan fingerprint density at radius 3 is 2.57 bits per heavy atom. The molecular weight excluding hydrogens is 358 g/mol. The van der Waals surface area contributed by atoms with Gasteiger partial charge < -0.3 is 4.90 Å². The zero-order valence-electron chi connectivity index (χ0n) is 15.3. The minimum Gasteiger partial charge on any atom is -0.330 e. The Labute approximate surface area is 162 Å². The van der Waals surface area contributed by atoms with Crippen molar-refractivity contribution in [2.24, 2.45) is 0 Å². The van der Waals surface area contributed by atoms with E-state index in [0.717, 1.165) is 24.2 Å². The number of nitrogens with zero attached hydrogens (tertiary/aromatic N) is 2. The van der Waals surface area contributed by atoms with E-state index < -0.39 is 0 Å². The third-order valence-electron chi connectivity index (χ3n) is 5.10. The first-order valence-electron chi connectivity index (χ1n) is 9.37. The lowest BCUT2D eigenvalue weighted by atomic mass is 10.1. The predicted octanol–water partition coefficient (Wildman–Crippen LogP) is 4.93. The molecular formula is C23H20F2N2O. The third kappa shape index (κ3) is 3.79. The summed E-state index contributed by atoms with van der Waals surface area (Å²) in [4.78, 5) is 19.4. The van der Waals surface area contributed by atoms with Crippen molar-refractivity contribution in [3.05, 3.63) is 101 Å². The summed E-state index contributed by atoms with van der Waals surface area (Å²) < 4.78 is 27.1. The van der Waals surface area contributed by atoms with Gasteiger partial charge in [-0.2, -0.15) is 0 Å². The van der Waals surface area contributed by atoms with Crippen LogP contribution in [0.5, 0.6) is 0 Å². The van der Waals surface area contributed by atoms with Gasteiger partial charge in [-0.1, -0.05) is 24.3 Å². The molecule has 3 nitrogen and oxygen atoms in total. The molecule has 1 aromatic heterocycles. The van der Waals surface area contributed by atoms with Gasteiger partial charge in [-0.15, -0.1) is 0 Å². The average Bonchev–Trinajstić information content (AvgIpc) is 3.20. The third-order valence-corrected chi connectivity index (χ3v) is 5.10. The molecule has 1 saturated heterocycles. The lowest BCUT2D eigenvalue weighted by Crippen LogP contribution is -2.31. The maximum atomic E-state index is 14.0. The molecule has 1 aliphatic heterocycles. The monoisotopic (exact) mass is 378 g/mol. The summed E-state index contributed by atoms with van der Waals surface area (Å²) in [5.74, 6) is -0.732. The van der Waals surface area contributed by atoms with Crippen LogP contribution in [-0.4, -0.2) is 22.3 Å². The van der Waals surface area contributed by atoms with E-state index >= 15 is 0 Å². The molecule has 2 aromatic carbocycles. The van der Waals surface area contributed by atoms with E-state index in [-0.39, 0.29) is 23.6 Å². The minimum absolute atomic E-state index is 0.121. The van der Waals surface area contributed by atoms with Crippen molar-refractivity contribution < 1.29 is 13.6 Å². The number of hydrogen-bond donors (Lipinski definition) is 0. The second-order valence-electron chi connectivity index (χ2n) is 6.99. The summed E-state index contributed by atoms with van der Waals surface area (Å²) in [5, 5.41) is 0. The number of likely N-dealkylation sites (tertiary alicyclic amines) is 1. The van der Waals surface area contributed by atoms with Crippen molar-refractivity contribution in [1.29, 1.82) is 0 Å². The lowest BCUT2D eigenvalue weighted by molar-refractivity contribution is 0.0732. The standard InChI is InChI=1S/C23H20F2N2O/c24-18-12-10-16(11-13-18)23(28)27-14-4-9-22(27)21-8-3-6-19(26-21)15-17-5-1-2-7-20(17)25/h1-3,5-8,10-13,22H,4,9,14-15H2/t22-/m1/s1. The van der Waals surface area contributed by atoms with Gasteiger partial charge in [0.2, 0.25) is 0 Å². The molecule has 142 valence electrons. The molecule has 1 fully saturated rings. The van der Waals surface area contributed by atoms with E-state index in [0.29, 0.717) is 24.1 Å². The highest BCUT2D eigenvalue weighted by atomic mass is 19.1. The highest BCUT2D eigenvalue weighted by Crippen LogP contribution is 2.32. The maximum absolute atomic E-state index is 14.0. The van der Waals surface area contributed by atoms with Gasteiger partial charge in [0.25, 0.3) is 5.91 Å².